The first-order valence-corrected chi connectivity index (χ1v) is 7.29. The topological polar surface area (TPSA) is 74.9 Å². The third kappa shape index (κ3) is 3.17. The normalized spacial score (nSPS) is 19.9. The van der Waals surface area contributed by atoms with E-state index in [1.165, 1.54) is 0 Å². The lowest BCUT2D eigenvalue weighted by atomic mass is 10.0. The van der Waals surface area contributed by atoms with Crippen LogP contribution in [0, 0.1) is 52.6 Å². The Kier molecular flexibility index (Phi) is 5.17. The van der Waals surface area contributed by atoms with Crippen molar-refractivity contribution in [3.63, 3.8) is 0 Å². The molecule has 0 aliphatic carbocycles. The molecule has 1 aliphatic rings. The van der Waals surface area contributed by atoms with Crippen LogP contribution in [0.4, 0.5) is 39.5 Å². The van der Waals surface area contributed by atoms with Crippen molar-refractivity contribution in [2.24, 2.45) is 4.99 Å². The van der Waals surface area contributed by atoms with Gasteiger partial charge in [0.15, 0.2) is 34.9 Å². The predicted molar refractivity (Wildman–Crippen MR) is 72.7 cm³/mol. The van der Waals surface area contributed by atoms with Crippen molar-refractivity contribution in [1.82, 2.24) is 4.98 Å². The summed E-state index contributed by atoms with van der Waals surface area (Å²) in [5.74, 6) is -22.2. The summed E-state index contributed by atoms with van der Waals surface area (Å²) in [4.78, 5) is 5.42. The molecule has 14 heteroatoms. The van der Waals surface area contributed by atoms with Crippen LogP contribution in [0.1, 0.15) is 17.2 Å². The van der Waals surface area contributed by atoms with Crippen molar-refractivity contribution < 1.29 is 54.5 Å². The number of benzene rings is 1. The first-order chi connectivity index (χ1) is 13.5. The Morgan fingerprint density at radius 1 is 0.724 bits per heavy atom. The molecule has 3 unspecified atom stereocenters. The van der Waals surface area contributed by atoms with E-state index >= 15 is 0 Å². The zero-order valence-corrected chi connectivity index (χ0v) is 13.3. The zero-order valence-electron chi connectivity index (χ0n) is 13.3. The maximum atomic E-state index is 13.8. The third-order valence-corrected chi connectivity index (χ3v) is 3.87. The van der Waals surface area contributed by atoms with Gasteiger partial charge in [-0.15, -0.1) is 0 Å². The van der Waals surface area contributed by atoms with Crippen LogP contribution in [0.25, 0.3) is 0 Å². The van der Waals surface area contributed by atoms with E-state index in [0.717, 1.165) is 0 Å². The molecule has 0 saturated heterocycles. The summed E-state index contributed by atoms with van der Waals surface area (Å²) in [5, 5.41) is 19.7. The van der Waals surface area contributed by atoms with Gasteiger partial charge < -0.3 is 14.9 Å². The summed E-state index contributed by atoms with van der Waals surface area (Å²) in [5.41, 5.74) is -3.45. The molecule has 0 radical (unpaired) electrons. The Morgan fingerprint density at radius 3 is 1.66 bits per heavy atom. The number of aliphatic hydroxyl groups is 2. The standard InChI is InChI=1S/C15H5F9N2O3/c16-3-1(4(17)8(21)9(22)7(3)20)11(27)10-15(28)29-14(25-10)2-5(18)12(23)26-13(24)6(2)19/h10-11,15,27-28H. The van der Waals surface area contributed by atoms with Gasteiger partial charge in [0, 0.05) is 0 Å². The SMILES string of the molecule is OC1OC(c2c(F)c(F)nc(F)c2F)=NC1C(O)c1c(F)c(F)c(F)c(F)c1F. The number of hydrogen-bond donors (Lipinski definition) is 2. The number of aliphatic hydroxyl groups excluding tert-OH is 2. The average molecular weight is 432 g/mol. The number of hydrogen-bond acceptors (Lipinski definition) is 5. The summed E-state index contributed by atoms with van der Waals surface area (Å²) >= 11 is 0. The molecule has 0 spiro atoms. The Morgan fingerprint density at radius 2 is 1.17 bits per heavy atom. The van der Waals surface area contributed by atoms with Crippen LogP contribution in [-0.4, -0.2) is 33.4 Å². The van der Waals surface area contributed by atoms with Crippen molar-refractivity contribution in [1.29, 1.82) is 0 Å². The van der Waals surface area contributed by atoms with E-state index < -0.39 is 88.1 Å². The molecular weight excluding hydrogens is 427 g/mol. The zero-order chi connectivity index (χ0) is 21.8. The van der Waals surface area contributed by atoms with Crippen LogP contribution in [-0.2, 0) is 4.74 Å². The molecular formula is C15H5F9N2O3. The molecule has 5 nitrogen and oxygen atoms in total. The number of aliphatic imine (C=N–C) groups is 1. The lowest BCUT2D eigenvalue weighted by molar-refractivity contribution is -0.0580. The van der Waals surface area contributed by atoms with Crippen LogP contribution in [0.5, 0.6) is 0 Å². The highest BCUT2D eigenvalue weighted by Gasteiger charge is 2.42. The lowest BCUT2D eigenvalue weighted by Crippen LogP contribution is -2.30. The second kappa shape index (κ2) is 7.18. The van der Waals surface area contributed by atoms with Gasteiger partial charge in [-0.05, 0) is 0 Å². The molecule has 29 heavy (non-hydrogen) atoms. The maximum absolute atomic E-state index is 13.8. The van der Waals surface area contributed by atoms with Gasteiger partial charge in [0.05, 0.1) is 5.56 Å². The van der Waals surface area contributed by atoms with E-state index in [1.54, 1.807) is 0 Å². The second-order valence-corrected chi connectivity index (χ2v) is 5.56. The highest BCUT2D eigenvalue weighted by atomic mass is 19.2. The summed E-state index contributed by atoms with van der Waals surface area (Å²) < 4.78 is 126. The minimum absolute atomic E-state index is 1.36. The van der Waals surface area contributed by atoms with Gasteiger partial charge in [0.25, 0.3) is 11.9 Å². The molecule has 1 aromatic heterocycles. The molecule has 2 N–H and O–H groups in total. The van der Waals surface area contributed by atoms with Gasteiger partial charge in [-0.3, -0.25) is 0 Å². The summed E-state index contributed by atoms with van der Waals surface area (Å²) in [7, 11) is 0. The highest BCUT2D eigenvalue weighted by molar-refractivity contribution is 5.95. The minimum atomic E-state index is -2.78. The van der Waals surface area contributed by atoms with Crippen LogP contribution < -0.4 is 0 Å². The molecule has 3 rings (SSSR count). The Hall–Kier alpha value is -2.87. The van der Waals surface area contributed by atoms with Crippen molar-refractivity contribution in [3.8, 4) is 0 Å². The van der Waals surface area contributed by atoms with Crippen molar-refractivity contribution in [3.05, 3.63) is 63.7 Å². The molecule has 156 valence electrons. The smallest absolute Gasteiger partial charge is 0.252 e. The third-order valence-electron chi connectivity index (χ3n) is 3.87. The quantitative estimate of drug-likeness (QED) is 0.339. The number of pyridine rings is 1. The van der Waals surface area contributed by atoms with Crippen molar-refractivity contribution in [2.45, 2.75) is 18.4 Å². The van der Waals surface area contributed by atoms with Crippen molar-refractivity contribution >= 4 is 5.90 Å². The van der Waals surface area contributed by atoms with E-state index in [2.05, 4.69) is 14.7 Å². The van der Waals surface area contributed by atoms with E-state index in [9.17, 15) is 49.7 Å². The number of aromatic nitrogens is 1. The fraction of sp³-hybridized carbons (Fsp3) is 0.200. The van der Waals surface area contributed by atoms with Gasteiger partial charge in [-0.1, -0.05) is 0 Å². The first-order valence-electron chi connectivity index (χ1n) is 7.29. The molecule has 3 atom stereocenters. The number of halogens is 9. The number of nitrogens with zero attached hydrogens (tertiary/aromatic N) is 2. The number of ether oxygens (including phenoxy) is 1. The second-order valence-electron chi connectivity index (χ2n) is 5.56. The Labute approximate surface area is 153 Å². The van der Waals surface area contributed by atoms with E-state index in [0.29, 0.717) is 0 Å². The van der Waals surface area contributed by atoms with Gasteiger partial charge >= 0.3 is 0 Å². The molecule has 0 saturated carbocycles. The van der Waals surface area contributed by atoms with Gasteiger partial charge in [-0.25, -0.2) is 35.7 Å². The summed E-state index contributed by atoms with van der Waals surface area (Å²) in [6.45, 7) is 0. The first kappa shape index (κ1) is 20.9. The molecule has 0 bridgehead atoms. The molecule has 2 heterocycles. The minimum Gasteiger partial charge on any atom is -0.445 e. The average Bonchev–Trinajstić information content (AvgIpc) is 3.04. The summed E-state index contributed by atoms with van der Waals surface area (Å²) in [6.07, 6.45) is -5.23. The maximum Gasteiger partial charge on any atom is 0.252 e. The predicted octanol–water partition coefficient (Wildman–Crippen LogP) is 2.53. The van der Waals surface area contributed by atoms with Gasteiger partial charge in [0.1, 0.15) is 17.7 Å². The molecule has 1 aliphatic heterocycles. The van der Waals surface area contributed by atoms with E-state index in [-0.39, 0.29) is 0 Å². The largest absolute Gasteiger partial charge is 0.445 e. The molecule has 2 aromatic rings. The van der Waals surface area contributed by atoms with Gasteiger partial charge in [0.2, 0.25) is 18.0 Å². The monoisotopic (exact) mass is 432 g/mol. The summed E-state index contributed by atoms with van der Waals surface area (Å²) in [6, 6.07) is -2.30. The van der Waals surface area contributed by atoms with Crippen LogP contribution in [0.15, 0.2) is 4.99 Å². The Bertz CT molecular complexity index is 991. The number of rotatable bonds is 3. The van der Waals surface area contributed by atoms with Crippen molar-refractivity contribution in [2.75, 3.05) is 0 Å². The van der Waals surface area contributed by atoms with Gasteiger partial charge in [-0.2, -0.15) is 13.8 Å². The van der Waals surface area contributed by atoms with E-state index in [1.807, 2.05) is 0 Å². The molecule has 0 amide bonds. The van der Waals surface area contributed by atoms with E-state index in [4.69, 9.17) is 0 Å². The lowest BCUT2D eigenvalue weighted by Gasteiger charge is -2.19. The van der Waals surface area contributed by atoms with Crippen LogP contribution in [0.3, 0.4) is 0 Å². The fourth-order valence-electron chi connectivity index (χ4n) is 2.49. The van der Waals surface area contributed by atoms with Crippen LogP contribution in [0.2, 0.25) is 0 Å². The fourth-order valence-corrected chi connectivity index (χ4v) is 2.49. The highest BCUT2D eigenvalue weighted by Crippen LogP contribution is 2.34. The molecule has 0 fully saturated rings. The van der Waals surface area contributed by atoms with Crippen LogP contribution >= 0.6 is 0 Å². The molecule has 1 aromatic carbocycles. The Balaban J connectivity index is 2.10.